The van der Waals surface area contributed by atoms with Crippen molar-refractivity contribution in [2.45, 2.75) is 31.5 Å². The number of tetrazole rings is 1. The number of rotatable bonds is 9. The standard InChI is InChI=1S/C12H21N7S/c1-3-5-13-6-9-19-12(15-16-17-19)20-10-4-11-14-7-8-18(11)2/h7-8,13H,3-6,9-10H2,1-2H3. The molecular weight excluding hydrogens is 274 g/mol. The SMILES string of the molecule is CCCNCCn1nnnc1SCCc1nccn1C. The predicted molar refractivity (Wildman–Crippen MR) is 78.6 cm³/mol. The van der Waals surface area contributed by atoms with Crippen molar-refractivity contribution in [3.05, 3.63) is 18.2 Å². The average Bonchev–Trinajstić information content (AvgIpc) is 3.05. The van der Waals surface area contributed by atoms with E-state index in [2.05, 4.69) is 32.7 Å². The lowest BCUT2D eigenvalue weighted by atomic mass is 10.4. The fourth-order valence-corrected chi connectivity index (χ4v) is 2.64. The van der Waals surface area contributed by atoms with Crippen LogP contribution in [-0.2, 0) is 20.0 Å². The molecule has 0 unspecified atom stereocenters. The van der Waals surface area contributed by atoms with E-state index in [4.69, 9.17) is 0 Å². The molecule has 1 N–H and O–H groups in total. The van der Waals surface area contributed by atoms with E-state index < -0.39 is 0 Å². The second-order valence-electron chi connectivity index (χ2n) is 4.49. The Labute approximate surface area is 123 Å². The first-order chi connectivity index (χ1) is 9.81. The number of imidazole rings is 1. The highest BCUT2D eigenvalue weighted by atomic mass is 32.2. The second kappa shape index (κ2) is 8.01. The van der Waals surface area contributed by atoms with Gasteiger partial charge in [-0.25, -0.2) is 9.67 Å². The van der Waals surface area contributed by atoms with E-state index in [0.717, 1.165) is 49.2 Å². The molecule has 2 heterocycles. The third-order valence-electron chi connectivity index (χ3n) is 2.90. The lowest BCUT2D eigenvalue weighted by Gasteiger charge is -2.05. The second-order valence-corrected chi connectivity index (χ2v) is 5.55. The van der Waals surface area contributed by atoms with Crippen LogP contribution in [-0.4, -0.2) is 48.6 Å². The van der Waals surface area contributed by atoms with Gasteiger partial charge in [-0.15, -0.1) is 5.10 Å². The molecule has 0 amide bonds. The van der Waals surface area contributed by atoms with Gasteiger partial charge in [0.2, 0.25) is 5.16 Å². The highest BCUT2D eigenvalue weighted by molar-refractivity contribution is 7.99. The molecule has 0 aliphatic carbocycles. The summed E-state index contributed by atoms with van der Waals surface area (Å²) in [5.74, 6) is 2.01. The first-order valence-corrected chi connectivity index (χ1v) is 7.85. The van der Waals surface area contributed by atoms with Crippen LogP contribution in [0.15, 0.2) is 17.6 Å². The number of nitrogens with one attached hydrogen (secondary N) is 1. The molecule has 0 saturated carbocycles. The Morgan fingerprint density at radius 3 is 3.00 bits per heavy atom. The lowest BCUT2D eigenvalue weighted by Crippen LogP contribution is -2.21. The summed E-state index contributed by atoms with van der Waals surface area (Å²) in [5, 5.41) is 16.1. The van der Waals surface area contributed by atoms with Gasteiger partial charge >= 0.3 is 0 Å². The molecule has 0 aliphatic heterocycles. The zero-order chi connectivity index (χ0) is 14.2. The molecule has 2 aromatic heterocycles. The molecule has 0 bridgehead atoms. The maximum Gasteiger partial charge on any atom is 0.209 e. The smallest absolute Gasteiger partial charge is 0.209 e. The summed E-state index contributed by atoms with van der Waals surface area (Å²) in [4.78, 5) is 4.31. The molecule has 110 valence electrons. The lowest BCUT2D eigenvalue weighted by molar-refractivity contribution is 0.510. The van der Waals surface area contributed by atoms with Crippen LogP contribution < -0.4 is 5.32 Å². The molecule has 2 rings (SSSR count). The van der Waals surface area contributed by atoms with E-state index in [1.807, 2.05) is 28.7 Å². The molecule has 0 radical (unpaired) electrons. The molecule has 0 atom stereocenters. The van der Waals surface area contributed by atoms with Gasteiger partial charge in [0, 0.05) is 38.2 Å². The van der Waals surface area contributed by atoms with Crippen LogP contribution in [0.25, 0.3) is 0 Å². The molecule has 8 heteroatoms. The van der Waals surface area contributed by atoms with Crippen LogP contribution in [0, 0.1) is 0 Å². The first-order valence-electron chi connectivity index (χ1n) is 6.87. The maximum atomic E-state index is 4.31. The fraction of sp³-hybridized carbons (Fsp3) is 0.667. The van der Waals surface area contributed by atoms with Crippen molar-refractivity contribution in [3.8, 4) is 0 Å². The molecule has 0 aromatic carbocycles. The van der Waals surface area contributed by atoms with Gasteiger partial charge in [0.1, 0.15) is 5.82 Å². The van der Waals surface area contributed by atoms with E-state index in [0.29, 0.717) is 0 Å². The van der Waals surface area contributed by atoms with Gasteiger partial charge < -0.3 is 9.88 Å². The number of aromatic nitrogens is 6. The summed E-state index contributed by atoms with van der Waals surface area (Å²) in [6, 6.07) is 0. The van der Waals surface area contributed by atoms with Crippen LogP contribution in [0.1, 0.15) is 19.2 Å². The molecule has 0 saturated heterocycles. The Morgan fingerprint density at radius 2 is 2.25 bits per heavy atom. The maximum absolute atomic E-state index is 4.31. The largest absolute Gasteiger partial charge is 0.338 e. The highest BCUT2D eigenvalue weighted by Gasteiger charge is 2.07. The molecule has 7 nitrogen and oxygen atoms in total. The Balaban J connectivity index is 1.75. The molecular formula is C12H21N7S. The van der Waals surface area contributed by atoms with E-state index in [1.165, 1.54) is 0 Å². The quantitative estimate of drug-likeness (QED) is 0.543. The predicted octanol–water partition coefficient (Wildman–Crippen LogP) is 0.741. The fourth-order valence-electron chi connectivity index (χ4n) is 1.80. The minimum Gasteiger partial charge on any atom is -0.338 e. The van der Waals surface area contributed by atoms with Gasteiger partial charge in [-0.2, -0.15) is 0 Å². The first kappa shape index (κ1) is 15.0. The van der Waals surface area contributed by atoms with E-state index in [9.17, 15) is 0 Å². The molecule has 2 aromatic rings. The minimum absolute atomic E-state index is 0.803. The Bertz CT molecular complexity index is 507. The third-order valence-corrected chi connectivity index (χ3v) is 3.86. The molecule has 20 heavy (non-hydrogen) atoms. The normalized spacial score (nSPS) is 11.1. The van der Waals surface area contributed by atoms with Gasteiger partial charge in [-0.3, -0.25) is 0 Å². The zero-order valence-corrected chi connectivity index (χ0v) is 12.8. The van der Waals surface area contributed by atoms with Crippen LogP contribution in [0.5, 0.6) is 0 Å². The summed E-state index contributed by atoms with van der Waals surface area (Å²) < 4.78 is 3.89. The highest BCUT2D eigenvalue weighted by Crippen LogP contribution is 2.14. The van der Waals surface area contributed by atoms with E-state index in [1.54, 1.807) is 11.8 Å². The van der Waals surface area contributed by atoms with Crippen LogP contribution in [0.3, 0.4) is 0 Å². The van der Waals surface area contributed by atoms with Crippen molar-refractivity contribution in [1.29, 1.82) is 0 Å². The van der Waals surface area contributed by atoms with Gasteiger partial charge in [0.25, 0.3) is 0 Å². The molecule has 0 spiro atoms. The Hall–Kier alpha value is -1.41. The van der Waals surface area contributed by atoms with Gasteiger partial charge in [0.05, 0.1) is 6.54 Å². The van der Waals surface area contributed by atoms with Gasteiger partial charge in [0.15, 0.2) is 0 Å². The van der Waals surface area contributed by atoms with Crippen molar-refractivity contribution in [2.75, 3.05) is 18.8 Å². The number of thioether (sulfide) groups is 1. The number of nitrogens with zero attached hydrogens (tertiary/aromatic N) is 6. The number of hydrogen-bond acceptors (Lipinski definition) is 6. The number of aryl methyl sites for hydroxylation is 2. The van der Waals surface area contributed by atoms with E-state index >= 15 is 0 Å². The molecule has 0 fully saturated rings. The summed E-state index contributed by atoms with van der Waals surface area (Å²) in [6.07, 6.45) is 5.84. The van der Waals surface area contributed by atoms with Crippen LogP contribution in [0.4, 0.5) is 0 Å². The Morgan fingerprint density at radius 1 is 1.35 bits per heavy atom. The van der Waals surface area contributed by atoms with Crippen LogP contribution >= 0.6 is 11.8 Å². The van der Waals surface area contributed by atoms with Crippen molar-refractivity contribution in [2.24, 2.45) is 7.05 Å². The Kier molecular flexibility index (Phi) is 6.00. The summed E-state index contributed by atoms with van der Waals surface area (Å²) in [6.45, 7) is 4.89. The molecule has 0 aliphatic rings. The summed E-state index contributed by atoms with van der Waals surface area (Å²) >= 11 is 1.67. The topological polar surface area (TPSA) is 73.5 Å². The number of hydrogen-bond donors (Lipinski definition) is 1. The van der Waals surface area contributed by atoms with Crippen molar-refractivity contribution in [3.63, 3.8) is 0 Å². The third kappa shape index (κ3) is 4.31. The van der Waals surface area contributed by atoms with Crippen molar-refractivity contribution < 1.29 is 0 Å². The average molecular weight is 295 g/mol. The summed E-state index contributed by atoms with van der Waals surface area (Å²) in [7, 11) is 2.01. The van der Waals surface area contributed by atoms with Crippen molar-refractivity contribution >= 4 is 11.8 Å². The van der Waals surface area contributed by atoms with E-state index in [-0.39, 0.29) is 0 Å². The zero-order valence-electron chi connectivity index (χ0n) is 12.0. The van der Waals surface area contributed by atoms with Crippen molar-refractivity contribution in [1.82, 2.24) is 35.1 Å². The van der Waals surface area contributed by atoms with Gasteiger partial charge in [-0.05, 0) is 23.4 Å². The van der Waals surface area contributed by atoms with Gasteiger partial charge in [-0.1, -0.05) is 18.7 Å². The summed E-state index contributed by atoms with van der Waals surface area (Å²) in [5.41, 5.74) is 0. The monoisotopic (exact) mass is 295 g/mol. The van der Waals surface area contributed by atoms with Crippen LogP contribution in [0.2, 0.25) is 0 Å². The minimum atomic E-state index is 0.803.